The van der Waals surface area contributed by atoms with Crippen LogP contribution in [0.1, 0.15) is 38.7 Å². The zero-order valence-electron chi connectivity index (χ0n) is 10.4. The maximum absolute atomic E-state index is 4.64. The summed E-state index contributed by atoms with van der Waals surface area (Å²) in [6.07, 6.45) is 5.79. The minimum absolute atomic E-state index is 0.558. The van der Waals surface area contributed by atoms with Gasteiger partial charge in [-0.1, -0.05) is 28.1 Å². The molecule has 1 fully saturated rings. The number of benzene rings is 1. The van der Waals surface area contributed by atoms with E-state index < -0.39 is 0 Å². The van der Waals surface area contributed by atoms with Crippen molar-refractivity contribution in [3.05, 3.63) is 34.3 Å². The van der Waals surface area contributed by atoms with Crippen molar-refractivity contribution in [3.63, 3.8) is 0 Å². The molecule has 0 aliphatic carbocycles. The summed E-state index contributed by atoms with van der Waals surface area (Å²) in [6, 6.07) is 9.35. The Labute approximate surface area is 112 Å². The minimum Gasteiger partial charge on any atom is -0.292 e. The maximum Gasteiger partial charge on any atom is 0.0543 e. The van der Waals surface area contributed by atoms with Gasteiger partial charge in [-0.2, -0.15) is 5.10 Å². The third kappa shape index (κ3) is 3.32. The second kappa shape index (κ2) is 5.67. The standard InChI is InChI=1S/C14H19BrN2/c1-11-5-3-6-12(2)17(11)16-10-13-7-4-8-14(15)9-13/h4,7-12H,3,5-6H2,1-2H3/b16-10+. The molecule has 2 unspecified atom stereocenters. The summed E-state index contributed by atoms with van der Waals surface area (Å²) in [5.41, 5.74) is 1.14. The van der Waals surface area contributed by atoms with Crippen LogP contribution in [0.3, 0.4) is 0 Å². The molecular weight excluding hydrogens is 276 g/mol. The number of halogens is 1. The highest BCUT2D eigenvalue weighted by Crippen LogP contribution is 2.22. The van der Waals surface area contributed by atoms with Crippen LogP contribution in [0.25, 0.3) is 0 Å². The van der Waals surface area contributed by atoms with E-state index in [9.17, 15) is 0 Å². The van der Waals surface area contributed by atoms with Gasteiger partial charge in [-0.25, -0.2) is 0 Å². The molecule has 1 heterocycles. The first-order valence-electron chi connectivity index (χ1n) is 6.24. The van der Waals surface area contributed by atoms with Crippen molar-refractivity contribution in [1.82, 2.24) is 5.01 Å². The van der Waals surface area contributed by atoms with Crippen molar-refractivity contribution in [2.45, 2.75) is 45.2 Å². The summed E-state index contributed by atoms with van der Waals surface area (Å²) < 4.78 is 1.10. The smallest absolute Gasteiger partial charge is 0.0543 e. The third-order valence-corrected chi connectivity index (χ3v) is 3.83. The predicted octanol–water partition coefficient (Wildman–Crippen LogP) is 4.05. The highest BCUT2D eigenvalue weighted by Gasteiger charge is 2.22. The summed E-state index contributed by atoms with van der Waals surface area (Å²) in [5.74, 6) is 0. The summed E-state index contributed by atoms with van der Waals surface area (Å²) in [4.78, 5) is 0. The van der Waals surface area contributed by atoms with E-state index in [1.807, 2.05) is 18.3 Å². The maximum atomic E-state index is 4.64. The van der Waals surface area contributed by atoms with Gasteiger partial charge in [0, 0.05) is 16.6 Å². The molecule has 0 bridgehead atoms. The van der Waals surface area contributed by atoms with E-state index in [0.29, 0.717) is 12.1 Å². The molecule has 0 saturated carbocycles. The van der Waals surface area contributed by atoms with Crippen LogP contribution in [0.15, 0.2) is 33.8 Å². The first kappa shape index (κ1) is 12.6. The van der Waals surface area contributed by atoms with E-state index in [0.717, 1.165) is 10.0 Å². The molecule has 3 heteroatoms. The first-order chi connectivity index (χ1) is 8.16. The second-order valence-electron chi connectivity index (χ2n) is 4.81. The van der Waals surface area contributed by atoms with Gasteiger partial charge in [0.2, 0.25) is 0 Å². The van der Waals surface area contributed by atoms with Crippen molar-refractivity contribution < 1.29 is 0 Å². The molecule has 1 aromatic carbocycles. The summed E-state index contributed by atoms with van der Waals surface area (Å²) >= 11 is 3.48. The Morgan fingerprint density at radius 3 is 2.65 bits per heavy atom. The number of nitrogens with zero attached hydrogens (tertiary/aromatic N) is 2. The van der Waals surface area contributed by atoms with E-state index in [2.05, 4.69) is 52.0 Å². The largest absolute Gasteiger partial charge is 0.292 e. The lowest BCUT2D eigenvalue weighted by Crippen LogP contribution is -2.39. The number of piperidine rings is 1. The van der Waals surface area contributed by atoms with Gasteiger partial charge in [-0.3, -0.25) is 5.01 Å². The van der Waals surface area contributed by atoms with E-state index in [1.54, 1.807) is 0 Å². The van der Waals surface area contributed by atoms with Crippen molar-refractivity contribution in [2.24, 2.45) is 5.10 Å². The minimum atomic E-state index is 0.558. The van der Waals surface area contributed by atoms with Gasteiger partial charge in [0.15, 0.2) is 0 Å². The molecule has 2 atom stereocenters. The van der Waals surface area contributed by atoms with Crippen LogP contribution >= 0.6 is 15.9 Å². The molecule has 0 aromatic heterocycles. The van der Waals surface area contributed by atoms with Crippen LogP contribution in [0.2, 0.25) is 0 Å². The van der Waals surface area contributed by atoms with Crippen LogP contribution in [-0.4, -0.2) is 23.3 Å². The van der Waals surface area contributed by atoms with Crippen molar-refractivity contribution in [1.29, 1.82) is 0 Å². The zero-order valence-corrected chi connectivity index (χ0v) is 12.0. The first-order valence-corrected chi connectivity index (χ1v) is 7.04. The Morgan fingerprint density at radius 2 is 2.00 bits per heavy atom. The molecule has 0 amide bonds. The van der Waals surface area contributed by atoms with Gasteiger partial charge in [0.05, 0.1) is 6.21 Å². The summed E-state index contributed by atoms with van der Waals surface area (Å²) in [7, 11) is 0. The van der Waals surface area contributed by atoms with Crippen molar-refractivity contribution in [2.75, 3.05) is 0 Å². The van der Waals surface area contributed by atoms with Crippen LogP contribution in [-0.2, 0) is 0 Å². The van der Waals surface area contributed by atoms with Crippen LogP contribution in [0.4, 0.5) is 0 Å². The van der Waals surface area contributed by atoms with Crippen molar-refractivity contribution in [3.8, 4) is 0 Å². The molecular formula is C14H19BrN2. The average molecular weight is 295 g/mol. The molecule has 1 saturated heterocycles. The summed E-state index contributed by atoms with van der Waals surface area (Å²) in [6.45, 7) is 4.52. The molecule has 1 aliphatic rings. The Morgan fingerprint density at radius 1 is 1.29 bits per heavy atom. The Kier molecular flexibility index (Phi) is 4.21. The van der Waals surface area contributed by atoms with E-state index >= 15 is 0 Å². The highest BCUT2D eigenvalue weighted by atomic mass is 79.9. The normalized spacial score (nSPS) is 25.5. The molecule has 1 aliphatic heterocycles. The van der Waals surface area contributed by atoms with Gasteiger partial charge in [-0.05, 0) is 50.8 Å². The van der Waals surface area contributed by atoms with Crippen LogP contribution < -0.4 is 0 Å². The van der Waals surface area contributed by atoms with E-state index in [1.165, 1.54) is 19.3 Å². The molecule has 92 valence electrons. The molecule has 0 radical (unpaired) electrons. The fraction of sp³-hybridized carbons (Fsp3) is 0.500. The number of hydrogen-bond donors (Lipinski definition) is 0. The number of rotatable bonds is 2. The van der Waals surface area contributed by atoms with Crippen LogP contribution in [0.5, 0.6) is 0 Å². The molecule has 0 spiro atoms. The fourth-order valence-electron chi connectivity index (χ4n) is 2.36. The molecule has 1 aromatic rings. The average Bonchev–Trinajstić information content (AvgIpc) is 2.28. The lowest BCUT2D eigenvalue weighted by molar-refractivity contribution is 0.109. The Hall–Kier alpha value is -0.830. The molecule has 2 nitrogen and oxygen atoms in total. The number of hydrogen-bond acceptors (Lipinski definition) is 2. The SMILES string of the molecule is CC1CCCC(C)N1/N=C/c1cccc(Br)c1. The van der Waals surface area contributed by atoms with E-state index in [4.69, 9.17) is 0 Å². The van der Waals surface area contributed by atoms with Gasteiger partial charge in [-0.15, -0.1) is 0 Å². The predicted molar refractivity (Wildman–Crippen MR) is 76.4 cm³/mol. The number of hydrazone groups is 1. The molecule has 17 heavy (non-hydrogen) atoms. The molecule has 0 N–H and O–H groups in total. The highest BCUT2D eigenvalue weighted by molar-refractivity contribution is 9.10. The summed E-state index contributed by atoms with van der Waals surface area (Å²) in [5, 5.41) is 6.88. The lowest BCUT2D eigenvalue weighted by atomic mass is 10.00. The monoisotopic (exact) mass is 294 g/mol. The Balaban J connectivity index is 2.08. The topological polar surface area (TPSA) is 15.6 Å². The third-order valence-electron chi connectivity index (χ3n) is 3.34. The quantitative estimate of drug-likeness (QED) is 0.752. The Bertz CT molecular complexity index is 393. The fourth-order valence-corrected chi connectivity index (χ4v) is 2.77. The van der Waals surface area contributed by atoms with Gasteiger partial charge < -0.3 is 0 Å². The zero-order chi connectivity index (χ0) is 12.3. The van der Waals surface area contributed by atoms with Gasteiger partial charge >= 0.3 is 0 Å². The second-order valence-corrected chi connectivity index (χ2v) is 5.72. The van der Waals surface area contributed by atoms with Gasteiger partial charge in [0.25, 0.3) is 0 Å². The van der Waals surface area contributed by atoms with Crippen molar-refractivity contribution >= 4 is 22.1 Å². The molecule has 2 rings (SSSR count). The van der Waals surface area contributed by atoms with E-state index in [-0.39, 0.29) is 0 Å². The lowest BCUT2D eigenvalue weighted by Gasteiger charge is -2.36. The van der Waals surface area contributed by atoms with Crippen LogP contribution in [0, 0.1) is 0 Å². The van der Waals surface area contributed by atoms with Gasteiger partial charge in [0.1, 0.15) is 0 Å².